The highest BCUT2D eigenvalue weighted by Crippen LogP contribution is 2.14. The predicted octanol–water partition coefficient (Wildman–Crippen LogP) is 2.57. The molecule has 0 bridgehead atoms. The number of hydrogen-bond acceptors (Lipinski definition) is 5. The Kier molecular flexibility index (Phi) is 5.22. The molecule has 0 aliphatic carbocycles. The second-order valence-corrected chi connectivity index (χ2v) is 7.22. The molecule has 0 spiro atoms. The summed E-state index contributed by atoms with van der Waals surface area (Å²) in [6.45, 7) is 1.72. The van der Waals surface area contributed by atoms with Gasteiger partial charge in [0.2, 0.25) is 10.0 Å². The normalized spacial score (nSPS) is 12.0. The average Bonchev–Trinajstić information content (AvgIpc) is 2.90. The van der Waals surface area contributed by atoms with Crippen LogP contribution in [-0.4, -0.2) is 26.3 Å². The molecule has 1 heterocycles. The lowest BCUT2D eigenvalue weighted by molar-refractivity contribution is 0.0926. The molecule has 2 rings (SSSR count). The lowest BCUT2D eigenvalue weighted by atomic mass is 10.1. The van der Waals surface area contributed by atoms with Gasteiger partial charge in [-0.3, -0.25) is 9.52 Å². The smallest absolute Gasteiger partial charge is 0.307 e. The molecule has 0 saturated carbocycles. The number of amides is 1. The van der Waals surface area contributed by atoms with Gasteiger partial charge in [0.1, 0.15) is 0 Å². The van der Waals surface area contributed by atoms with Gasteiger partial charge in [0.15, 0.2) is 10.4 Å². The number of anilines is 1. The van der Waals surface area contributed by atoms with E-state index in [1.165, 1.54) is 6.07 Å². The van der Waals surface area contributed by atoms with Crippen molar-refractivity contribution in [3.8, 4) is 0 Å². The zero-order valence-electron chi connectivity index (χ0n) is 12.3. The average molecular weight is 400 g/mol. The van der Waals surface area contributed by atoms with Crippen LogP contribution >= 0.6 is 15.9 Å². The summed E-state index contributed by atoms with van der Waals surface area (Å²) in [5, 5.41) is 3.99. The molecule has 2 N–H and O–H groups in total. The maximum atomic E-state index is 11.8. The summed E-state index contributed by atoms with van der Waals surface area (Å²) in [5.74, 6) is -0.327. The minimum absolute atomic E-state index is 0.140. The van der Waals surface area contributed by atoms with E-state index in [4.69, 9.17) is 4.42 Å². The van der Waals surface area contributed by atoms with Gasteiger partial charge in [-0.2, -0.15) is 5.10 Å². The minimum Gasteiger partial charge on any atom is -0.444 e. The molecule has 0 unspecified atom stereocenters. The van der Waals surface area contributed by atoms with Crippen molar-refractivity contribution < 1.29 is 17.6 Å². The minimum atomic E-state index is -3.31. The summed E-state index contributed by atoms with van der Waals surface area (Å²) in [4.78, 5) is 11.8. The molecule has 1 aromatic carbocycles. The van der Waals surface area contributed by atoms with Crippen molar-refractivity contribution >= 4 is 43.3 Å². The molecular weight excluding hydrogens is 386 g/mol. The second kappa shape index (κ2) is 6.97. The van der Waals surface area contributed by atoms with Crippen LogP contribution in [0.25, 0.3) is 0 Å². The molecule has 0 fully saturated rings. The number of hydrazone groups is 1. The third-order valence-corrected chi connectivity index (χ3v) is 3.76. The second-order valence-electron chi connectivity index (χ2n) is 4.69. The Morgan fingerprint density at radius 2 is 1.83 bits per heavy atom. The van der Waals surface area contributed by atoms with E-state index in [1.807, 2.05) is 0 Å². The van der Waals surface area contributed by atoms with Crippen LogP contribution in [0.3, 0.4) is 0 Å². The molecule has 1 aromatic heterocycles. The summed E-state index contributed by atoms with van der Waals surface area (Å²) in [6, 6.07) is 9.75. The standard InChI is InChI=1S/C14H14BrN3O4S/c1-9(16-17-14(19)12-7-8-13(15)22-12)10-3-5-11(6-4-10)18-23(2,20)21/h3-8,18H,1-2H3,(H,17,19)/b16-9+. The van der Waals surface area contributed by atoms with Crippen LogP contribution in [-0.2, 0) is 10.0 Å². The maximum Gasteiger partial charge on any atom is 0.307 e. The first kappa shape index (κ1) is 17.2. The van der Waals surface area contributed by atoms with Crippen LogP contribution in [0.15, 0.2) is 50.6 Å². The number of furan rings is 1. The highest BCUT2D eigenvalue weighted by Gasteiger charge is 2.09. The van der Waals surface area contributed by atoms with Gasteiger partial charge >= 0.3 is 5.91 Å². The first-order valence-corrected chi connectivity index (χ1v) is 9.11. The Morgan fingerprint density at radius 1 is 1.17 bits per heavy atom. The Hall–Kier alpha value is -2.13. The Labute approximate surface area is 141 Å². The van der Waals surface area contributed by atoms with E-state index in [2.05, 4.69) is 31.2 Å². The fraction of sp³-hybridized carbons (Fsp3) is 0.143. The van der Waals surface area contributed by atoms with Crippen molar-refractivity contribution in [2.45, 2.75) is 6.92 Å². The number of sulfonamides is 1. The first-order chi connectivity index (χ1) is 10.7. The largest absolute Gasteiger partial charge is 0.444 e. The summed E-state index contributed by atoms with van der Waals surface area (Å²) >= 11 is 3.11. The molecule has 0 saturated heterocycles. The topological polar surface area (TPSA) is 101 Å². The predicted molar refractivity (Wildman–Crippen MR) is 91.0 cm³/mol. The number of halogens is 1. The number of nitrogens with one attached hydrogen (secondary N) is 2. The first-order valence-electron chi connectivity index (χ1n) is 6.43. The lowest BCUT2D eigenvalue weighted by Crippen LogP contribution is -2.18. The molecule has 1 amide bonds. The Bertz CT molecular complexity index is 841. The van der Waals surface area contributed by atoms with Gasteiger partial charge in [0.25, 0.3) is 0 Å². The molecular formula is C14H14BrN3O4S. The summed E-state index contributed by atoms with van der Waals surface area (Å²) < 4.78 is 30.2. The van der Waals surface area contributed by atoms with Gasteiger partial charge in [-0.1, -0.05) is 12.1 Å². The Morgan fingerprint density at radius 3 is 2.35 bits per heavy atom. The fourth-order valence-electron chi connectivity index (χ4n) is 1.68. The molecule has 0 aliphatic heterocycles. The molecule has 2 aromatic rings. The number of carbonyl (C=O) groups excluding carboxylic acids is 1. The highest BCUT2D eigenvalue weighted by atomic mass is 79.9. The van der Waals surface area contributed by atoms with Gasteiger partial charge in [0, 0.05) is 5.69 Å². The van der Waals surface area contributed by atoms with E-state index in [1.54, 1.807) is 37.3 Å². The quantitative estimate of drug-likeness (QED) is 0.595. The zero-order valence-corrected chi connectivity index (χ0v) is 14.7. The maximum absolute atomic E-state index is 11.8. The van der Waals surface area contributed by atoms with E-state index in [-0.39, 0.29) is 5.76 Å². The molecule has 0 aliphatic rings. The molecule has 122 valence electrons. The van der Waals surface area contributed by atoms with Gasteiger partial charge in [-0.15, -0.1) is 0 Å². The molecule has 23 heavy (non-hydrogen) atoms. The van der Waals surface area contributed by atoms with Crippen LogP contribution in [0.5, 0.6) is 0 Å². The number of hydrogen-bond donors (Lipinski definition) is 2. The third-order valence-electron chi connectivity index (χ3n) is 2.73. The van der Waals surface area contributed by atoms with E-state index in [0.717, 1.165) is 11.8 Å². The van der Waals surface area contributed by atoms with E-state index >= 15 is 0 Å². The highest BCUT2D eigenvalue weighted by molar-refractivity contribution is 9.10. The van der Waals surface area contributed by atoms with E-state index < -0.39 is 15.9 Å². The van der Waals surface area contributed by atoms with Crippen molar-refractivity contribution in [2.24, 2.45) is 5.10 Å². The van der Waals surface area contributed by atoms with Gasteiger partial charge < -0.3 is 4.42 Å². The SMILES string of the molecule is C/C(=N\NC(=O)c1ccc(Br)o1)c1ccc(NS(C)(=O)=O)cc1. The fourth-order valence-corrected chi connectivity index (χ4v) is 2.55. The molecule has 9 heteroatoms. The van der Waals surface area contributed by atoms with Crippen LogP contribution in [0.2, 0.25) is 0 Å². The number of nitrogens with zero attached hydrogens (tertiary/aromatic N) is 1. The van der Waals surface area contributed by atoms with Crippen LogP contribution in [0.1, 0.15) is 23.0 Å². The van der Waals surface area contributed by atoms with Crippen LogP contribution < -0.4 is 10.1 Å². The summed E-state index contributed by atoms with van der Waals surface area (Å²) in [7, 11) is -3.31. The summed E-state index contributed by atoms with van der Waals surface area (Å²) in [5.41, 5.74) is 4.14. The number of carbonyl (C=O) groups is 1. The Balaban J connectivity index is 2.04. The monoisotopic (exact) mass is 399 g/mol. The van der Waals surface area contributed by atoms with Gasteiger partial charge in [-0.25, -0.2) is 13.8 Å². The number of benzene rings is 1. The van der Waals surface area contributed by atoms with Crippen molar-refractivity contribution in [1.82, 2.24) is 5.43 Å². The lowest BCUT2D eigenvalue weighted by Gasteiger charge is -2.05. The number of rotatable bonds is 5. The van der Waals surface area contributed by atoms with Crippen LogP contribution in [0.4, 0.5) is 5.69 Å². The van der Waals surface area contributed by atoms with E-state index in [9.17, 15) is 13.2 Å². The zero-order chi connectivity index (χ0) is 17.0. The van der Waals surface area contributed by atoms with Crippen molar-refractivity contribution in [2.75, 3.05) is 11.0 Å². The molecule has 0 radical (unpaired) electrons. The van der Waals surface area contributed by atoms with Gasteiger partial charge in [-0.05, 0) is 52.7 Å². The van der Waals surface area contributed by atoms with Gasteiger partial charge in [0.05, 0.1) is 12.0 Å². The molecule has 7 nitrogen and oxygen atoms in total. The summed E-state index contributed by atoms with van der Waals surface area (Å²) in [6.07, 6.45) is 1.08. The van der Waals surface area contributed by atoms with Crippen LogP contribution in [0, 0.1) is 0 Å². The van der Waals surface area contributed by atoms with E-state index in [0.29, 0.717) is 16.1 Å². The third kappa shape index (κ3) is 5.22. The molecule has 0 atom stereocenters. The van der Waals surface area contributed by atoms with Crippen molar-refractivity contribution in [1.29, 1.82) is 0 Å². The van der Waals surface area contributed by atoms with Crippen molar-refractivity contribution in [3.63, 3.8) is 0 Å². The van der Waals surface area contributed by atoms with Crippen molar-refractivity contribution in [3.05, 3.63) is 52.4 Å².